The topological polar surface area (TPSA) is 92.4 Å². The summed E-state index contributed by atoms with van der Waals surface area (Å²) >= 11 is 8.78. The Balaban J connectivity index is 1.29. The smallest absolute Gasteiger partial charge is 0.252 e. The standard InChI is InChI=1S/C22H22ClN5O2S3/c1-14-11-27(12-15-2-3-16-17(10-15)25-13-26-22(16)24)8-9-28(14)33(29,30)21-7-5-19(32-21)18-4-6-20(23)31-18/h2-7,10,13-14H,8-9,11-12H2,1H3,(H2,24,25,26)/t14-/m0/s1. The molecule has 3 aromatic heterocycles. The minimum atomic E-state index is -3.56. The Bertz CT molecular complexity index is 1420. The molecule has 0 unspecified atom stereocenters. The molecule has 0 aliphatic carbocycles. The molecule has 4 aromatic rings. The highest BCUT2D eigenvalue weighted by atomic mass is 35.5. The molecule has 1 aliphatic rings. The summed E-state index contributed by atoms with van der Waals surface area (Å²) in [4.78, 5) is 12.5. The van der Waals surface area contributed by atoms with Gasteiger partial charge in [0.2, 0.25) is 0 Å². The first-order chi connectivity index (χ1) is 15.8. The van der Waals surface area contributed by atoms with E-state index in [1.165, 1.54) is 29.0 Å². The lowest BCUT2D eigenvalue weighted by Crippen LogP contribution is -2.53. The van der Waals surface area contributed by atoms with Crippen molar-refractivity contribution in [3.63, 3.8) is 0 Å². The molecule has 7 nitrogen and oxygen atoms in total. The number of anilines is 1. The van der Waals surface area contributed by atoms with Crippen molar-refractivity contribution >= 4 is 61.0 Å². The molecule has 0 radical (unpaired) electrons. The summed E-state index contributed by atoms with van der Waals surface area (Å²) in [7, 11) is -3.56. The zero-order valence-electron chi connectivity index (χ0n) is 17.8. The van der Waals surface area contributed by atoms with Gasteiger partial charge < -0.3 is 5.73 Å². The Morgan fingerprint density at radius 1 is 1.09 bits per heavy atom. The van der Waals surface area contributed by atoms with E-state index in [0.717, 1.165) is 32.8 Å². The maximum Gasteiger partial charge on any atom is 0.252 e. The number of nitrogens with zero attached hydrogens (tertiary/aromatic N) is 4. The summed E-state index contributed by atoms with van der Waals surface area (Å²) < 4.78 is 29.4. The Morgan fingerprint density at radius 3 is 2.64 bits per heavy atom. The van der Waals surface area contributed by atoms with E-state index in [0.29, 0.717) is 34.0 Å². The van der Waals surface area contributed by atoms with Crippen molar-refractivity contribution in [2.45, 2.75) is 23.7 Å². The number of halogens is 1. The van der Waals surface area contributed by atoms with Gasteiger partial charge in [0, 0.05) is 47.4 Å². The molecule has 0 bridgehead atoms. The molecule has 33 heavy (non-hydrogen) atoms. The van der Waals surface area contributed by atoms with Crippen LogP contribution in [0.25, 0.3) is 20.7 Å². The van der Waals surface area contributed by atoms with E-state index in [1.54, 1.807) is 10.4 Å². The van der Waals surface area contributed by atoms with Crippen LogP contribution in [0.5, 0.6) is 0 Å². The Labute approximate surface area is 205 Å². The van der Waals surface area contributed by atoms with Gasteiger partial charge in [0.25, 0.3) is 10.0 Å². The van der Waals surface area contributed by atoms with Crippen molar-refractivity contribution in [2.24, 2.45) is 0 Å². The summed E-state index contributed by atoms with van der Waals surface area (Å²) in [6.45, 7) is 4.45. The second kappa shape index (κ2) is 8.94. The lowest BCUT2D eigenvalue weighted by Gasteiger charge is -2.38. The molecule has 11 heteroatoms. The zero-order valence-corrected chi connectivity index (χ0v) is 21.0. The first kappa shape index (κ1) is 22.7. The van der Waals surface area contributed by atoms with Gasteiger partial charge in [0.1, 0.15) is 16.4 Å². The molecule has 1 aromatic carbocycles. The van der Waals surface area contributed by atoms with Crippen LogP contribution in [0.4, 0.5) is 5.82 Å². The number of sulfonamides is 1. The van der Waals surface area contributed by atoms with Gasteiger partial charge in [-0.1, -0.05) is 17.7 Å². The summed E-state index contributed by atoms with van der Waals surface area (Å²) in [5, 5.41) is 0.839. The fraction of sp³-hybridized carbons (Fsp3) is 0.273. The third kappa shape index (κ3) is 4.51. The normalized spacial score (nSPS) is 18.2. The molecule has 0 spiro atoms. The minimum Gasteiger partial charge on any atom is -0.383 e. The fourth-order valence-electron chi connectivity index (χ4n) is 4.15. The number of nitrogen functional groups attached to an aromatic ring is 1. The predicted molar refractivity (Wildman–Crippen MR) is 135 cm³/mol. The third-order valence-electron chi connectivity index (χ3n) is 5.75. The number of thiophene rings is 2. The molecule has 2 N–H and O–H groups in total. The largest absolute Gasteiger partial charge is 0.383 e. The van der Waals surface area contributed by atoms with Crippen molar-refractivity contribution in [3.8, 4) is 9.75 Å². The number of nitrogens with two attached hydrogens (primary N) is 1. The Hall–Kier alpha value is -2.08. The Morgan fingerprint density at radius 2 is 1.88 bits per heavy atom. The van der Waals surface area contributed by atoms with Crippen molar-refractivity contribution in [3.05, 3.63) is 58.7 Å². The first-order valence-electron chi connectivity index (χ1n) is 10.4. The minimum absolute atomic E-state index is 0.135. The van der Waals surface area contributed by atoms with Crippen molar-refractivity contribution in [1.82, 2.24) is 19.2 Å². The monoisotopic (exact) mass is 519 g/mol. The van der Waals surface area contributed by atoms with Gasteiger partial charge in [-0.15, -0.1) is 22.7 Å². The van der Waals surface area contributed by atoms with Crippen LogP contribution in [0.15, 0.2) is 53.0 Å². The van der Waals surface area contributed by atoms with Crippen LogP contribution in [0.3, 0.4) is 0 Å². The van der Waals surface area contributed by atoms with E-state index in [9.17, 15) is 8.42 Å². The van der Waals surface area contributed by atoms with Gasteiger partial charge in [0.15, 0.2) is 0 Å². The van der Waals surface area contributed by atoms with Crippen LogP contribution in [0.2, 0.25) is 4.34 Å². The van der Waals surface area contributed by atoms with Crippen LogP contribution < -0.4 is 5.73 Å². The molecule has 1 atom stereocenters. The highest BCUT2D eigenvalue weighted by Gasteiger charge is 2.34. The summed E-state index contributed by atoms with van der Waals surface area (Å²) in [6.07, 6.45) is 1.47. The van der Waals surface area contributed by atoms with E-state index in [-0.39, 0.29) is 6.04 Å². The average molecular weight is 520 g/mol. The van der Waals surface area contributed by atoms with Crippen LogP contribution in [-0.2, 0) is 16.6 Å². The average Bonchev–Trinajstić information content (AvgIpc) is 3.43. The third-order valence-corrected chi connectivity index (χ3v) is 10.7. The van der Waals surface area contributed by atoms with Crippen molar-refractivity contribution in [1.29, 1.82) is 0 Å². The molecule has 5 rings (SSSR count). The number of piperazine rings is 1. The highest BCUT2D eigenvalue weighted by Crippen LogP contribution is 2.38. The van der Waals surface area contributed by atoms with E-state index in [1.807, 2.05) is 43.3 Å². The van der Waals surface area contributed by atoms with Gasteiger partial charge >= 0.3 is 0 Å². The summed E-state index contributed by atoms with van der Waals surface area (Å²) in [5.41, 5.74) is 7.85. The van der Waals surface area contributed by atoms with Crippen LogP contribution in [-0.4, -0.2) is 53.3 Å². The van der Waals surface area contributed by atoms with Gasteiger partial charge in [0.05, 0.1) is 9.85 Å². The predicted octanol–water partition coefficient (Wildman–Crippen LogP) is 4.55. The van der Waals surface area contributed by atoms with Crippen molar-refractivity contribution in [2.75, 3.05) is 25.4 Å². The number of benzene rings is 1. The number of aromatic nitrogens is 2. The second-order valence-electron chi connectivity index (χ2n) is 8.03. The Kier molecular flexibility index (Phi) is 6.15. The molecule has 1 saturated heterocycles. The fourth-order valence-corrected chi connectivity index (χ4v) is 8.33. The van der Waals surface area contributed by atoms with E-state index >= 15 is 0 Å². The van der Waals surface area contributed by atoms with E-state index in [2.05, 4.69) is 14.9 Å². The van der Waals surface area contributed by atoms with Crippen LogP contribution >= 0.6 is 34.3 Å². The molecule has 1 fully saturated rings. The summed E-state index contributed by atoms with van der Waals surface area (Å²) in [5.74, 6) is 0.470. The zero-order chi connectivity index (χ0) is 23.2. The van der Waals surface area contributed by atoms with Gasteiger partial charge in [-0.2, -0.15) is 4.31 Å². The van der Waals surface area contributed by atoms with Gasteiger partial charge in [-0.25, -0.2) is 18.4 Å². The molecule has 0 saturated carbocycles. The molecule has 4 heterocycles. The first-order valence-corrected chi connectivity index (χ1v) is 13.9. The number of hydrogen-bond acceptors (Lipinski definition) is 8. The van der Waals surface area contributed by atoms with Crippen molar-refractivity contribution < 1.29 is 8.42 Å². The second-order valence-corrected chi connectivity index (χ2v) is 12.9. The number of rotatable bonds is 5. The quantitative estimate of drug-likeness (QED) is 0.416. The molecule has 1 aliphatic heterocycles. The SMILES string of the molecule is C[C@H]1CN(Cc2ccc3c(N)ncnc3c2)CCN1S(=O)(=O)c1ccc(-c2ccc(Cl)s2)s1. The molecular formula is C22H22ClN5O2S3. The van der Waals surface area contributed by atoms with Gasteiger partial charge in [-0.05, 0) is 48.9 Å². The highest BCUT2D eigenvalue weighted by molar-refractivity contribution is 7.91. The van der Waals surface area contributed by atoms with Gasteiger partial charge in [-0.3, -0.25) is 4.90 Å². The number of hydrogen-bond donors (Lipinski definition) is 1. The summed E-state index contributed by atoms with van der Waals surface area (Å²) in [6, 6.07) is 13.2. The molecule has 172 valence electrons. The lowest BCUT2D eigenvalue weighted by molar-refractivity contribution is 0.138. The molecular weight excluding hydrogens is 498 g/mol. The van der Waals surface area contributed by atoms with E-state index in [4.69, 9.17) is 17.3 Å². The maximum atomic E-state index is 13.4. The van der Waals surface area contributed by atoms with E-state index < -0.39 is 10.0 Å². The lowest BCUT2D eigenvalue weighted by atomic mass is 10.1. The maximum absolute atomic E-state index is 13.4. The molecule has 0 amide bonds. The van der Waals surface area contributed by atoms with Crippen LogP contribution in [0.1, 0.15) is 12.5 Å². The number of fused-ring (bicyclic) bond motifs is 1. The van der Waals surface area contributed by atoms with Crippen LogP contribution in [0, 0.1) is 0 Å².